The van der Waals surface area contributed by atoms with Gasteiger partial charge in [0.05, 0.1) is 4.92 Å². The normalized spacial score (nSPS) is 22.5. The molecule has 0 radical (unpaired) electrons. The number of aromatic nitrogens is 1. The third-order valence-corrected chi connectivity index (χ3v) is 5.55. The van der Waals surface area contributed by atoms with Crippen molar-refractivity contribution in [2.45, 2.75) is 51.5 Å². The maximum absolute atomic E-state index is 12.0. The van der Waals surface area contributed by atoms with Gasteiger partial charge in [0.2, 0.25) is 11.7 Å². The lowest BCUT2D eigenvalue weighted by Gasteiger charge is -2.40. The number of carbonyl (C=O) groups is 1. The van der Waals surface area contributed by atoms with Crippen LogP contribution in [0.2, 0.25) is 0 Å². The van der Waals surface area contributed by atoms with Gasteiger partial charge in [0.1, 0.15) is 0 Å². The van der Waals surface area contributed by atoms with Gasteiger partial charge in [-0.25, -0.2) is 4.98 Å². The van der Waals surface area contributed by atoms with E-state index < -0.39 is 0 Å². The first-order chi connectivity index (χ1) is 12.1. The number of anilines is 1. The minimum absolute atomic E-state index is 0.0702. The van der Waals surface area contributed by atoms with E-state index in [0.717, 1.165) is 45.3 Å². The molecule has 25 heavy (non-hydrogen) atoms. The van der Waals surface area contributed by atoms with Gasteiger partial charge in [0, 0.05) is 44.9 Å². The van der Waals surface area contributed by atoms with Gasteiger partial charge in [-0.3, -0.25) is 14.9 Å². The number of carbonyl (C=O) groups excluding carboxylic acids is 1. The number of pyridine rings is 1. The van der Waals surface area contributed by atoms with E-state index in [1.165, 1.54) is 18.9 Å². The first-order valence-corrected chi connectivity index (χ1v) is 9.19. The van der Waals surface area contributed by atoms with Crippen LogP contribution >= 0.6 is 0 Å². The predicted octanol–water partition coefficient (Wildman–Crippen LogP) is 3.00. The Morgan fingerprint density at radius 2 is 1.96 bits per heavy atom. The quantitative estimate of drug-likeness (QED) is 0.621. The summed E-state index contributed by atoms with van der Waals surface area (Å²) in [5.41, 5.74) is 0.0702. The molecule has 0 N–H and O–H groups in total. The van der Waals surface area contributed by atoms with Crippen molar-refractivity contribution in [1.29, 1.82) is 0 Å². The summed E-state index contributed by atoms with van der Waals surface area (Å²) in [4.78, 5) is 31.2. The van der Waals surface area contributed by atoms with Gasteiger partial charge < -0.3 is 9.80 Å². The fraction of sp³-hybridized carbons (Fsp3) is 0.667. The van der Waals surface area contributed by atoms with Crippen molar-refractivity contribution in [2.24, 2.45) is 5.92 Å². The van der Waals surface area contributed by atoms with Crippen molar-refractivity contribution in [3.05, 3.63) is 28.4 Å². The molecule has 2 fully saturated rings. The van der Waals surface area contributed by atoms with Crippen LogP contribution in [0.1, 0.15) is 45.4 Å². The minimum atomic E-state index is -0.364. The molecule has 3 heterocycles. The Morgan fingerprint density at radius 3 is 2.64 bits per heavy atom. The monoisotopic (exact) mass is 346 g/mol. The number of rotatable bonds is 3. The third kappa shape index (κ3) is 3.91. The molecule has 3 rings (SSSR count). The smallest absolute Gasteiger partial charge is 0.311 e. The summed E-state index contributed by atoms with van der Waals surface area (Å²) in [6.07, 6.45) is 8.05. The molecule has 1 aromatic heterocycles. The minimum Gasteiger partial charge on any atom is -0.351 e. The van der Waals surface area contributed by atoms with Crippen molar-refractivity contribution in [3.8, 4) is 0 Å². The van der Waals surface area contributed by atoms with Crippen molar-refractivity contribution < 1.29 is 9.72 Å². The standard InChI is InChI=1S/C18H26N4O3/c1-14(23)21-11-4-2-3-6-16(21)15-8-12-20(13-9-15)18-17(22(24)25)7-5-10-19-18/h5,7,10,15-16H,2-4,6,8-9,11-13H2,1H3/t16-/m1/s1. The molecule has 136 valence electrons. The Bertz CT molecular complexity index is 629. The Kier molecular flexibility index (Phi) is 5.50. The van der Waals surface area contributed by atoms with Crippen LogP contribution in [-0.4, -0.2) is 46.4 Å². The lowest BCUT2D eigenvalue weighted by Crippen LogP contribution is -2.47. The predicted molar refractivity (Wildman–Crippen MR) is 95.5 cm³/mol. The molecule has 1 aromatic rings. The number of nitro groups is 1. The molecule has 1 atom stereocenters. The van der Waals surface area contributed by atoms with Gasteiger partial charge in [-0.1, -0.05) is 12.8 Å². The summed E-state index contributed by atoms with van der Waals surface area (Å²) >= 11 is 0. The molecule has 0 bridgehead atoms. The number of hydrogen-bond acceptors (Lipinski definition) is 5. The number of hydrogen-bond donors (Lipinski definition) is 0. The summed E-state index contributed by atoms with van der Waals surface area (Å²) in [7, 11) is 0. The molecule has 1 amide bonds. The molecule has 0 aromatic carbocycles. The molecule has 7 nitrogen and oxygen atoms in total. The second-order valence-corrected chi connectivity index (χ2v) is 7.06. The average molecular weight is 346 g/mol. The highest BCUT2D eigenvalue weighted by Gasteiger charge is 2.34. The lowest BCUT2D eigenvalue weighted by molar-refractivity contribution is -0.384. The molecule has 0 spiro atoms. The van der Waals surface area contributed by atoms with Gasteiger partial charge >= 0.3 is 5.69 Å². The second kappa shape index (κ2) is 7.80. The molecule has 7 heteroatoms. The average Bonchev–Trinajstić information content (AvgIpc) is 2.88. The zero-order valence-corrected chi connectivity index (χ0v) is 14.8. The second-order valence-electron chi connectivity index (χ2n) is 7.06. The van der Waals surface area contributed by atoms with Crippen LogP contribution in [0.15, 0.2) is 18.3 Å². The zero-order chi connectivity index (χ0) is 17.8. The van der Waals surface area contributed by atoms with Gasteiger partial charge in [0.25, 0.3) is 0 Å². The van der Waals surface area contributed by atoms with E-state index in [2.05, 4.69) is 9.88 Å². The molecule has 0 saturated carbocycles. The number of likely N-dealkylation sites (tertiary alicyclic amines) is 1. The van der Waals surface area contributed by atoms with Gasteiger partial charge in [-0.15, -0.1) is 0 Å². The third-order valence-electron chi connectivity index (χ3n) is 5.55. The van der Waals surface area contributed by atoms with Crippen LogP contribution in [0, 0.1) is 16.0 Å². The topological polar surface area (TPSA) is 79.6 Å². The lowest BCUT2D eigenvalue weighted by atomic mass is 9.86. The highest BCUT2D eigenvalue weighted by molar-refractivity contribution is 5.73. The number of piperidine rings is 1. The van der Waals surface area contributed by atoms with Crippen molar-refractivity contribution in [1.82, 2.24) is 9.88 Å². The maximum atomic E-state index is 12.0. The summed E-state index contributed by atoms with van der Waals surface area (Å²) in [5.74, 6) is 1.12. The zero-order valence-electron chi connectivity index (χ0n) is 14.8. The number of amides is 1. The van der Waals surface area contributed by atoms with Crippen molar-refractivity contribution in [3.63, 3.8) is 0 Å². The molecule has 2 saturated heterocycles. The van der Waals surface area contributed by atoms with E-state index in [-0.39, 0.29) is 16.5 Å². The first-order valence-electron chi connectivity index (χ1n) is 9.19. The molecule has 2 aliphatic rings. The molecular formula is C18H26N4O3. The van der Waals surface area contributed by atoms with E-state index in [1.54, 1.807) is 19.2 Å². The van der Waals surface area contributed by atoms with Gasteiger partial charge in [-0.2, -0.15) is 0 Å². The van der Waals surface area contributed by atoms with Crippen molar-refractivity contribution in [2.75, 3.05) is 24.5 Å². The van der Waals surface area contributed by atoms with Gasteiger partial charge in [-0.05, 0) is 37.7 Å². The van der Waals surface area contributed by atoms with Crippen LogP contribution in [0.5, 0.6) is 0 Å². The summed E-state index contributed by atoms with van der Waals surface area (Å²) in [5, 5.41) is 11.2. The SMILES string of the molecule is CC(=O)N1CCCCC[C@@H]1C1CCN(c2ncccc2[N+](=O)[O-])CC1. The van der Waals surface area contributed by atoms with Crippen LogP contribution < -0.4 is 4.90 Å². The largest absolute Gasteiger partial charge is 0.351 e. The Morgan fingerprint density at radius 1 is 1.20 bits per heavy atom. The molecule has 0 unspecified atom stereocenters. The summed E-state index contributed by atoms with van der Waals surface area (Å²) < 4.78 is 0. The molecular weight excluding hydrogens is 320 g/mol. The van der Waals surface area contributed by atoms with Crippen LogP contribution in [0.3, 0.4) is 0 Å². The van der Waals surface area contributed by atoms with E-state index in [9.17, 15) is 14.9 Å². The fourth-order valence-corrected chi connectivity index (χ4v) is 4.29. The van der Waals surface area contributed by atoms with E-state index in [1.807, 2.05) is 4.90 Å². The fourth-order valence-electron chi connectivity index (χ4n) is 4.29. The summed E-state index contributed by atoms with van der Waals surface area (Å²) in [6.45, 7) is 4.05. The molecule has 2 aliphatic heterocycles. The Balaban J connectivity index is 1.69. The van der Waals surface area contributed by atoms with E-state index in [0.29, 0.717) is 17.8 Å². The first kappa shape index (κ1) is 17.6. The Labute approximate surface area is 148 Å². The van der Waals surface area contributed by atoms with Gasteiger partial charge in [0.15, 0.2) is 0 Å². The van der Waals surface area contributed by atoms with E-state index >= 15 is 0 Å². The Hall–Kier alpha value is -2.18. The van der Waals surface area contributed by atoms with E-state index in [4.69, 9.17) is 0 Å². The maximum Gasteiger partial charge on any atom is 0.311 e. The molecule has 0 aliphatic carbocycles. The van der Waals surface area contributed by atoms with Crippen LogP contribution in [0.4, 0.5) is 11.5 Å². The van der Waals surface area contributed by atoms with Crippen molar-refractivity contribution >= 4 is 17.4 Å². The highest BCUT2D eigenvalue weighted by atomic mass is 16.6. The summed E-state index contributed by atoms with van der Waals surface area (Å²) in [6, 6.07) is 3.43. The van der Waals surface area contributed by atoms with Crippen LogP contribution in [0.25, 0.3) is 0 Å². The highest BCUT2D eigenvalue weighted by Crippen LogP contribution is 2.33. The van der Waals surface area contributed by atoms with Crippen LogP contribution in [-0.2, 0) is 4.79 Å². The number of nitrogens with zero attached hydrogens (tertiary/aromatic N) is 4.